The molecule has 0 spiro atoms. The highest BCUT2D eigenvalue weighted by atomic mass is 32.2. The highest BCUT2D eigenvalue weighted by Crippen LogP contribution is 2.28. The van der Waals surface area contributed by atoms with Crippen LogP contribution in [-0.4, -0.2) is 60.4 Å². The summed E-state index contributed by atoms with van der Waals surface area (Å²) in [5, 5.41) is 0. The first kappa shape index (κ1) is 18.3. The van der Waals surface area contributed by atoms with Gasteiger partial charge in [0.1, 0.15) is 5.82 Å². The summed E-state index contributed by atoms with van der Waals surface area (Å²) < 4.78 is 5.72. The van der Waals surface area contributed by atoms with Crippen LogP contribution in [0, 0.1) is 0 Å². The molecule has 0 N–H and O–H groups in total. The summed E-state index contributed by atoms with van der Waals surface area (Å²) in [6.45, 7) is 3.94. The maximum absolute atomic E-state index is 13.1. The van der Waals surface area contributed by atoms with E-state index in [1.807, 2.05) is 47.5 Å². The lowest BCUT2D eigenvalue weighted by atomic mass is 10.2. The largest absolute Gasteiger partial charge is 0.377 e. The average Bonchev–Trinajstić information content (AvgIpc) is 3.26. The molecule has 2 fully saturated rings. The van der Waals surface area contributed by atoms with Crippen LogP contribution >= 0.6 is 11.8 Å². The van der Waals surface area contributed by atoms with Gasteiger partial charge in [-0.05, 0) is 37.1 Å². The highest BCUT2D eigenvalue weighted by Gasteiger charge is 2.25. The summed E-state index contributed by atoms with van der Waals surface area (Å²) >= 11 is 1.74. The van der Waals surface area contributed by atoms with Crippen LogP contribution in [0.4, 0.5) is 5.82 Å². The van der Waals surface area contributed by atoms with Crippen LogP contribution in [0.1, 0.15) is 23.2 Å². The molecule has 0 aliphatic carbocycles. The molecular formula is C21H25N3O2S. The minimum atomic E-state index is 0.131. The number of benzene rings is 1. The number of anilines is 1. The van der Waals surface area contributed by atoms with Gasteiger partial charge in [-0.2, -0.15) is 0 Å². The predicted molar refractivity (Wildman–Crippen MR) is 108 cm³/mol. The van der Waals surface area contributed by atoms with Crippen LogP contribution < -0.4 is 4.90 Å². The summed E-state index contributed by atoms with van der Waals surface area (Å²) in [4.78, 5) is 22.8. The molecule has 142 valence electrons. The number of thioether (sulfide) groups is 1. The fraction of sp³-hybridized carbons (Fsp3) is 0.429. The second kappa shape index (κ2) is 8.76. The second-order valence-electron chi connectivity index (χ2n) is 6.91. The van der Waals surface area contributed by atoms with Gasteiger partial charge >= 0.3 is 0 Å². The molecular weight excluding hydrogens is 358 g/mol. The molecule has 1 aromatic carbocycles. The first-order valence-electron chi connectivity index (χ1n) is 9.60. The first-order chi connectivity index (χ1) is 13.3. The van der Waals surface area contributed by atoms with Crippen molar-refractivity contribution in [3.05, 3.63) is 54.2 Å². The van der Waals surface area contributed by atoms with Crippen molar-refractivity contribution in [2.45, 2.75) is 23.8 Å². The number of rotatable bonds is 5. The van der Waals surface area contributed by atoms with Crippen molar-refractivity contribution in [2.24, 2.45) is 0 Å². The van der Waals surface area contributed by atoms with Crippen LogP contribution in [-0.2, 0) is 4.74 Å². The second-order valence-corrected chi connectivity index (χ2v) is 7.97. The SMILES string of the molecule is O=C(c1ccccc1SCC1CCCO1)N1CCN(c2ccccn2)CC1. The van der Waals surface area contributed by atoms with E-state index in [2.05, 4.69) is 16.0 Å². The van der Waals surface area contributed by atoms with Gasteiger partial charge in [0, 0.05) is 49.6 Å². The number of carbonyl (C=O) groups excluding carboxylic acids is 1. The maximum Gasteiger partial charge on any atom is 0.255 e. The zero-order valence-corrected chi connectivity index (χ0v) is 16.2. The molecule has 4 rings (SSSR count). The number of piperazine rings is 1. The molecule has 27 heavy (non-hydrogen) atoms. The summed E-state index contributed by atoms with van der Waals surface area (Å²) in [5.41, 5.74) is 0.812. The molecule has 1 amide bonds. The van der Waals surface area contributed by atoms with Crippen LogP contribution in [0.3, 0.4) is 0 Å². The first-order valence-corrected chi connectivity index (χ1v) is 10.6. The Hall–Kier alpha value is -2.05. The number of carbonyl (C=O) groups is 1. The Kier molecular flexibility index (Phi) is 5.94. The van der Waals surface area contributed by atoms with Gasteiger partial charge in [0.25, 0.3) is 5.91 Å². The van der Waals surface area contributed by atoms with E-state index < -0.39 is 0 Å². The van der Waals surface area contributed by atoms with Crippen molar-refractivity contribution in [2.75, 3.05) is 43.4 Å². The molecule has 2 aliphatic rings. The van der Waals surface area contributed by atoms with E-state index in [0.717, 1.165) is 67.7 Å². The number of aromatic nitrogens is 1. The molecule has 1 unspecified atom stereocenters. The van der Waals surface area contributed by atoms with Gasteiger partial charge in [0.15, 0.2) is 0 Å². The van der Waals surface area contributed by atoms with Crippen LogP contribution in [0.25, 0.3) is 0 Å². The average molecular weight is 384 g/mol. The topological polar surface area (TPSA) is 45.7 Å². The van der Waals surface area contributed by atoms with Crippen molar-refractivity contribution in [1.29, 1.82) is 0 Å². The Morgan fingerprint density at radius 2 is 1.93 bits per heavy atom. The van der Waals surface area contributed by atoms with E-state index in [1.165, 1.54) is 0 Å². The third kappa shape index (κ3) is 4.45. The molecule has 1 aromatic heterocycles. The van der Waals surface area contributed by atoms with Gasteiger partial charge in [-0.15, -0.1) is 11.8 Å². The van der Waals surface area contributed by atoms with Gasteiger partial charge in [0.2, 0.25) is 0 Å². The fourth-order valence-electron chi connectivity index (χ4n) is 3.58. The molecule has 2 aromatic rings. The van der Waals surface area contributed by atoms with Crippen molar-refractivity contribution >= 4 is 23.5 Å². The maximum atomic E-state index is 13.1. The third-order valence-corrected chi connectivity index (χ3v) is 6.31. The molecule has 5 nitrogen and oxygen atoms in total. The van der Waals surface area contributed by atoms with Gasteiger partial charge in [-0.3, -0.25) is 4.79 Å². The normalized spacial score (nSPS) is 20.1. The summed E-state index contributed by atoms with van der Waals surface area (Å²) in [5.74, 6) is 2.03. The smallest absolute Gasteiger partial charge is 0.255 e. The number of amides is 1. The van der Waals surface area contributed by atoms with Crippen LogP contribution in [0.15, 0.2) is 53.6 Å². The fourth-order valence-corrected chi connectivity index (χ4v) is 4.69. The van der Waals surface area contributed by atoms with Gasteiger partial charge < -0.3 is 14.5 Å². The standard InChI is InChI=1S/C21H25N3O2S/c25-21(24-13-11-23(12-14-24)20-9-3-4-10-22-20)18-7-1-2-8-19(18)27-16-17-6-5-15-26-17/h1-4,7-10,17H,5-6,11-16H2. The number of hydrogen-bond donors (Lipinski definition) is 0. The van der Waals surface area contributed by atoms with Crippen molar-refractivity contribution in [1.82, 2.24) is 9.88 Å². The molecule has 0 radical (unpaired) electrons. The molecule has 2 saturated heterocycles. The zero-order chi connectivity index (χ0) is 18.5. The van der Waals surface area contributed by atoms with E-state index in [1.54, 1.807) is 11.8 Å². The lowest BCUT2D eigenvalue weighted by Gasteiger charge is -2.35. The zero-order valence-electron chi connectivity index (χ0n) is 15.4. The lowest BCUT2D eigenvalue weighted by molar-refractivity contribution is 0.0743. The van der Waals surface area contributed by atoms with E-state index in [9.17, 15) is 4.79 Å². The quantitative estimate of drug-likeness (QED) is 0.741. The number of ether oxygens (including phenoxy) is 1. The Labute approximate surface area is 164 Å². The Morgan fingerprint density at radius 1 is 1.11 bits per heavy atom. The van der Waals surface area contributed by atoms with E-state index >= 15 is 0 Å². The predicted octanol–water partition coefficient (Wildman–Crippen LogP) is 3.32. The van der Waals surface area contributed by atoms with Gasteiger partial charge in [0.05, 0.1) is 11.7 Å². The van der Waals surface area contributed by atoms with E-state index in [-0.39, 0.29) is 5.91 Å². The Morgan fingerprint density at radius 3 is 2.67 bits per heavy atom. The Bertz CT molecular complexity index is 757. The Balaban J connectivity index is 1.38. The third-order valence-electron chi connectivity index (χ3n) is 5.11. The minimum absolute atomic E-state index is 0.131. The summed E-state index contributed by atoms with van der Waals surface area (Å²) in [6.07, 6.45) is 4.40. The molecule has 6 heteroatoms. The highest BCUT2D eigenvalue weighted by molar-refractivity contribution is 7.99. The van der Waals surface area contributed by atoms with Gasteiger partial charge in [-0.25, -0.2) is 4.98 Å². The molecule has 2 aliphatic heterocycles. The number of pyridine rings is 1. The summed E-state index contributed by atoms with van der Waals surface area (Å²) in [7, 11) is 0. The van der Waals surface area contributed by atoms with Crippen molar-refractivity contribution in [3.63, 3.8) is 0 Å². The number of nitrogens with zero attached hydrogens (tertiary/aromatic N) is 3. The number of hydrogen-bond acceptors (Lipinski definition) is 5. The monoisotopic (exact) mass is 383 g/mol. The van der Waals surface area contributed by atoms with E-state index in [4.69, 9.17) is 4.74 Å². The molecule has 0 saturated carbocycles. The molecule has 3 heterocycles. The van der Waals surface area contributed by atoms with Crippen molar-refractivity contribution < 1.29 is 9.53 Å². The molecule has 0 bridgehead atoms. The van der Waals surface area contributed by atoms with E-state index in [0.29, 0.717) is 6.10 Å². The molecule has 1 atom stereocenters. The van der Waals surface area contributed by atoms with Crippen molar-refractivity contribution in [3.8, 4) is 0 Å². The summed E-state index contributed by atoms with van der Waals surface area (Å²) in [6, 6.07) is 13.9. The minimum Gasteiger partial charge on any atom is -0.377 e. The van der Waals surface area contributed by atoms with Crippen LogP contribution in [0.5, 0.6) is 0 Å². The van der Waals surface area contributed by atoms with Crippen LogP contribution in [0.2, 0.25) is 0 Å². The van der Waals surface area contributed by atoms with Gasteiger partial charge in [-0.1, -0.05) is 18.2 Å². The lowest BCUT2D eigenvalue weighted by Crippen LogP contribution is -2.49.